The molecule has 1 N–H and O–H groups in total. The number of nitrogens with zero attached hydrogens (tertiary/aromatic N) is 1. The molecule has 0 heterocycles. The minimum atomic E-state index is -3.98. The minimum Gasteiger partial charge on any atom is -0.497 e. The lowest BCUT2D eigenvalue weighted by Gasteiger charge is -2.26. The van der Waals surface area contributed by atoms with Crippen LogP contribution in [-0.2, 0) is 16.6 Å². The Morgan fingerprint density at radius 2 is 1.53 bits per heavy atom. The van der Waals surface area contributed by atoms with Gasteiger partial charge in [0, 0.05) is 6.07 Å². The molecule has 8 heteroatoms. The molecule has 0 spiro atoms. The molecule has 4 aromatic rings. The summed E-state index contributed by atoms with van der Waals surface area (Å²) < 4.78 is 39.9. The Morgan fingerprint density at radius 3 is 2.26 bits per heavy atom. The SMILES string of the molecule is COc1cccc(OCCNC(=O)c2ccccc2N(Cc2ccccc2)S(=O)(=O)c2ccc(C)cc2)c1. The summed E-state index contributed by atoms with van der Waals surface area (Å²) in [6.07, 6.45) is 0. The Hall–Kier alpha value is -4.30. The number of benzene rings is 4. The van der Waals surface area contributed by atoms with E-state index in [-0.39, 0.29) is 30.2 Å². The molecule has 196 valence electrons. The molecule has 0 aliphatic rings. The molecule has 0 saturated carbocycles. The molecule has 0 aliphatic heterocycles. The van der Waals surface area contributed by atoms with Gasteiger partial charge in [-0.15, -0.1) is 0 Å². The molecule has 0 bridgehead atoms. The van der Waals surface area contributed by atoms with Gasteiger partial charge in [0.15, 0.2) is 0 Å². The summed E-state index contributed by atoms with van der Waals surface area (Å²) in [4.78, 5) is 13.4. The quantitative estimate of drug-likeness (QED) is 0.269. The number of anilines is 1. The maximum absolute atomic E-state index is 13.9. The van der Waals surface area contributed by atoms with Gasteiger partial charge in [-0.1, -0.05) is 66.2 Å². The van der Waals surface area contributed by atoms with E-state index in [1.54, 1.807) is 67.8 Å². The Labute approximate surface area is 223 Å². The van der Waals surface area contributed by atoms with Gasteiger partial charge in [0.1, 0.15) is 18.1 Å². The highest BCUT2D eigenvalue weighted by molar-refractivity contribution is 7.92. The molecule has 1 amide bonds. The molecule has 7 nitrogen and oxygen atoms in total. The largest absolute Gasteiger partial charge is 0.497 e. The highest BCUT2D eigenvalue weighted by Crippen LogP contribution is 2.29. The van der Waals surface area contributed by atoms with Crippen molar-refractivity contribution in [3.8, 4) is 11.5 Å². The number of aryl methyl sites for hydroxylation is 1. The smallest absolute Gasteiger partial charge is 0.264 e. The van der Waals surface area contributed by atoms with Crippen LogP contribution in [0.3, 0.4) is 0 Å². The van der Waals surface area contributed by atoms with Gasteiger partial charge in [0.25, 0.3) is 15.9 Å². The first-order chi connectivity index (χ1) is 18.4. The Morgan fingerprint density at radius 1 is 0.842 bits per heavy atom. The van der Waals surface area contributed by atoms with Crippen molar-refractivity contribution in [1.29, 1.82) is 0 Å². The van der Waals surface area contributed by atoms with Crippen molar-refractivity contribution in [2.75, 3.05) is 24.6 Å². The molecule has 0 fully saturated rings. The molecule has 0 unspecified atom stereocenters. The van der Waals surface area contributed by atoms with Crippen LogP contribution in [0.25, 0.3) is 0 Å². The van der Waals surface area contributed by atoms with E-state index in [9.17, 15) is 13.2 Å². The average molecular weight is 531 g/mol. The van der Waals surface area contributed by atoms with E-state index >= 15 is 0 Å². The zero-order valence-corrected chi connectivity index (χ0v) is 22.1. The number of ether oxygens (including phenoxy) is 2. The third-order valence-corrected chi connectivity index (χ3v) is 7.67. The fourth-order valence-corrected chi connectivity index (χ4v) is 5.36. The van der Waals surface area contributed by atoms with Crippen LogP contribution in [0.5, 0.6) is 11.5 Å². The Bertz CT molecular complexity index is 1470. The summed E-state index contributed by atoms with van der Waals surface area (Å²) in [5.41, 5.74) is 2.29. The van der Waals surface area contributed by atoms with Gasteiger partial charge in [0.2, 0.25) is 0 Å². The van der Waals surface area contributed by atoms with Gasteiger partial charge >= 0.3 is 0 Å². The van der Waals surface area contributed by atoms with E-state index in [4.69, 9.17) is 9.47 Å². The van der Waals surface area contributed by atoms with Gasteiger partial charge < -0.3 is 14.8 Å². The third-order valence-electron chi connectivity index (χ3n) is 5.89. The van der Waals surface area contributed by atoms with Gasteiger partial charge in [-0.2, -0.15) is 0 Å². The summed E-state index contributed by atoms with van der Waals surface area (Å²) in [7, 11) is -2.40. The number of nitrogens with one attached hydrogen (secondary N) is 1. The van der Waals surface area contributed by atoms with E-state index in [2.05, 4.69) is 5.32 Å². The second-order valence-electron chi connectivity index (χ2n) is 8.61. The third kappa shape index (κ3) is 6.52. The average Bonchev–Trinajstić information content (AvgIpc) is 2.95. The van der Waals surface area contributed by atoms with Crippen LogP contribution in [0.2, 0.25) is 0 Å². The molecular formula is C30H30N2O5S. The first-order valence-corrected chi connectivity index (χ1v) is 13.6. The molecule has 4 rings (SSSR count). The number of hydrogen-bond donors (Lipinski definition) is 1. The molecular weight excluding hydrogens is 500 g/mol. The summed E-state index contributed by atoms with van der Waals surface area (Å²) in [6, 6.07) is 29.9. The van der Waals surface area contributed by atoms with Crippen molar-refractivity contribution in [1.82, 2.24) is 5.32 Å². The van der Waals surface area contributed by atoms with E-state index < -0.39 is 15.9 Å². The molecule has 0 aromatic heterocycles. The van der Waals surface area contributed by atoms with Crippen molar-refractivity contribution in [3.63, 3.8) is 0 Å². The lowest BCUT2D eigenvalue weighted by Crippen LogP contribution is -2.34. The summed E-state index contributed by atoms with van der Waals surface area (Å²) >= 11 is 0. The van der Waals surface area contributed by atoms with Gasteiger partial charge in [-0.3, -0.25) is 9.10 Å². The van der Waals surface area contributed by atoms with Crippen molar-refractivity contribution < 1.29 is 22.7 Å². The van der Waals surface area contributed by atoms with E-state index in [0.29, 0.717) is 17.2 Å². The van der Waals surface area contributed by atoms with Crippen LogP contribution < -0.4 is 19.1 Å². The fraction of sp³-hybridized carbons (Fsp3) is 0.167. The first-order valence-electron chi connectivity index (χ1n) is 12.2. The lowest BCUT2D eigenvalue weighted by atomic mass is 10.1. The highest BCUT2D eigenvalue weighted by Gasteiger charge is 2.28. The Balaban J connectivity index is 1.57. The normalized spacial score (nSPS) is 11.0. The molecule has 38 heavy (non-hydrogen) atoms. The number of amides is 1. The standard InChI is InChI=1S/C30H30N2O5S/c1-23-15-17-27(18-16-23)38(34,35)32(22-24-9-4-3-5-10-24)29-14-7-6-13-28(29)30(33)31-19-20-37-26-12-8-11-25(21-26)36-2/h3-18,21H,19-20,22H2,1-2H3,(H,31,33). The zero-order chi connectivity index (χ0) is 27.0. The number of rotatable bonds is 11. The number of methoxy groups -OCH3 is 1. The topological polar surface area (TPSA) is 84.9 Å². The second-order valence-corrected chi connectivity index (χ2v) is 10.5. The van der Waals surface area contributed by atoms with Crippen molar-refractivity contribution in [2.45, 2.75) is 18.4 Å². The monoisotopic (exact) mass is 530 g/mol. The van der Waals surface area contributed by atoms with Crippen molar-refractivity contribution in [3.05, 3.63) is 120 Å². The number of hydrogen-bond acceptors (Lipinski definition) is 5. The van der Waals surface area contributed by atoms with Crippen LogP contribution in [0, 0.1) is 6.92 Å². The van der Waals surface area contributed by atoms with Crippen LogP contribution in [0.1, 0.15) is 21.5 Å². The summed E-state index contributed by atoms with van der Waals surface area (Å²) in [5.74, 6) is 0.901. The molecule has 0 aliphatic carbocycles. The molecule has 4 aromatic carbocycles. The molecule has 0 saturated heterocycles. The number of sulfonamides is 1. The van der Waals surface area contributed by atoms with Crippen LogP contribution in [0.15, 0.2) is 108 Å². The predicted octanol–water partition coefficient (Wildman–Crippen LogP) is 5.21. The molecule has 0 atom stereocenters. The van der Waals surface area contributed by atoms with E-state index in [1.165, 1.54) is 4.31 Å². The predicted molar refractivity (Wildman–Crippen MR) is 148 cm³/mol. The second kappa shape index (κ2) is 12.3. The van der Waals surface area contributed by atoms with Crippen LogP contribution in [-0.4, -0.2) is 34.6 Å². The van der Waals surface area contributed by atoms with Crippen LogP contribution >= 0.6 is 0 Å². The maximum atomic E-state index is 13.9. The lowest BCUT2D eigenvalue weighted by molar-refractivity contribution is 0.0947. The minimum absolute atomic E-state index is 0.0697. The summed E-state index contributed by atoms with van der Waals surface area (Å²) in [6.45, 7) is 2.43. The van der Waals surface area contributed by atoms with Gasteiger partial charge in [-0.25, -0.2) is 8.42 Å². The number of carbonyl (C=O) groups is 1. The van der Waals surface area contributed by atoms with Crippen LogP contribution in [0.4, 0.5) is 5.69 Å². The highest BCUT2D eigenvalue weighted by atomic mass is 32.2. The first kappa shape index (κ1) is 26.8. The Kier molecular flexibility index (Phi) is 8.66. The number of para-hydroxylation sites is 1. The molecule has 0 radical (unpaired) electrons. The zero-order valence-electron chi connectivity index (χ0n) is 21.3. The van der Waals surface area contributed by atoms with Crippen molar-refractivity contribution >= 4 is 21.6 Å². The van der Waals surface area contributed by atoms with E-state index in [1.807, 2.05) is 49.4 Å². The van der Waals surface area contributed by atoms with Crippen molar-refractivity contribution in [2.24, 2.45) is 0 Å². The number of carbonyl (C=O) groups excluding carboxylic acids is 1. The van der Waals surface area contributed by atoms with Gasteiger partial charge in [0.05, 0.1) is 36.3 Å². The summed E-state index contributed by atoms with van der Waals surface area (Å²) in [5, 5.41) is 2.84. The fourth-order valence-electron chi connectivity index (χ4n) is 3.89. The van der Waals surface area contributed by atoms with E-state index in [0.717, 1.165) is 11.1 Å². The maximum Gasteiger partial charge on any atom is 0.264 e. The van der Waals surface area contributed by atoms with Gasteiger partial charge in [-0.05, 0) is 48.9 Å².